The molecule has 1 aliphatic rings. The predicted octanol–water partition coefficient (Wildman–Crippen LogP) is 2.93. The van der Waals surface area contributed by atoms with Gasteiger partial charge in [0.15, 0.2) is 5.13 Å². The second-order valence-electron chi connectivity index (χ2n) is 5.17. The molecule has 6 nitrogen and oxygen atoms in total. The minimum absolute atomic E-state index is 0.130. The molecule has 0 radical (unpaired) electrons. The number of hydrogen-bond donors (Lipinski definition) is 3. The van der Waals surface area contributed by atoms with E-state index in [1.165, 1.54) is 31.1 Å². The highest BCUT2D eigenvalue weighted by atomic mass is 32.1. The molecule has 114 valence electrons. The molecule has 3 N–H and O–H groups in total. The Bertz CT molecular complexity index is 692. The van der Waals surface area contributed by atoms with Gasteiger partial charge in [-0.05, 0) is 37.1 Å². The summed E-state index contributed by atoms with van der Waals surface area (Å²) in [6.07, 6.45) is 2.34. The number of benzene rings is 1. The Morgan fingerprint density at radius 2 is 1.77 bits per heavy atom. The number of rotatable bonds is 5. The average molecular weight is 316 g/mol. The van der Waals surface area contributed by atoms with Gasteiger partial charge in [0, 0.05) is 29.7 Å². The Kier molecular flexibility index (Phi) is 4.06. The molecule has 0 spiro atoms. The van der Waals surface area contributed by atoms with E-state index < -0.39 is 0 Å². The fourth-order valence-electron chi connectivity index (χ4n) is 1.88. The summed E-state index contributed by atoms with van der Waals surface area (Å²) in [5.74, 6) is -0.373. The quantitative estimate of drug-likeness (QED) is 0.792. The topological polar surface area (TPSA) is 83.1 Å². The van der Waals surface area contributed by atoms with Gasteiger partial charge in [0.1, 0.15) is 5.69 Å². The van der Waals surface area contributed by atoms with Crippen LogP contribution in [0.25, 0.3) is 0 Å². The summed E-state index contributed by atoms with van der Waals surface area (Å²) in [5, 5.41) is 11.3. The Hall–Kier alpha value is -2.41. The third-order valence-corrected chi connectivity index (χ3v) is 3.88. The van der Waals surface area contributed by atoms with Crippen molar-refractivity contribution < 1.29 is 9.59 Å². The van der Waals surface area contributed by atoms with Gasteiger partial charge in [0.25, 0.3) is 5.91 Å². The maximum atomic E-state index is 12.1. The van der Waals surface area contributed by atoms with Crippen LogP contribution in [-0.4, -0.2) is 22.8 Å². The van der Waals surface area contributed by atoms with Crippen LogP contribution in [-0.2, 0) is 4.79 Å². The maximum absolute atomic E-state index is 12.1. The van der Waals surface area contributed by atoms with E-state index in [4.69, 9.17) is 0 Å². The number of amides is 2. The van der Waals surface area contributed by atoms with Crippen molar-refractivity contribution in [1.29, 1.82) is 0 Å². The van der Waals surface area contributed by atoms with Crippen LogP contribution in [0.5, 0.6) is 0 Å². The van der Waals surface area contributed by atoms with Gasteiger partial charge < -0.3 is 16.0 Å². The van der Waals surface area contributed by atoms with Gasteiger partial charge in [-0.15, -0.1) is 11.3 Å². The fourth-order valence-corrected chi connectivity index (χ4v) is 2.65. The SMILES string of the molecule is CC(=O)Nc1ccc(NC(=O)c2csc(NC3CC3)n2)cc1. The third-order valence-electron chi connectivity index (χ3n) is 3.10. The molecule has 1 heterocycles. The lowest BCUT2D eigenvalue weighted by atomic mass is 10.2. The number of thiazole rings is 1. The molecule has 1 aliphatic carbocycles. The molecule has 2 amide bonds. The van der Waals surface area contributed by atoms with Gasteiger partial charge in [-0.3, -0.25) is 9.59 Å². The molecule has 1 aromatic carbocycles. The van der Waals surface area contributed by atoms with Crippen LogP contribution in [0.1, 0.15) is 30.3 Å². The van der Waals surface area contributed by atoms with Gasteiger partial charge in [-0.2, -0.15) is 0 Å². The summed E-state index contributed by atoms with van der Waals surface area (Å²) in [6.45, 7) is 1.45. The van der Waals surface area contributed by atoms with Crippen LogP contribution < -0.4 is 16.0 Å². The second-order valence-corrected chi connectivity index (χ2v) is 6.03. The first-order valence-electron chi connectivity index (χ1n) is 7.01. The average Bonchev–Trinajstić information content (AvgIpc) is 3.15. The molecular weight excluding hydrogens is 300 g/mol. The Morgan fingerprint density at radius 1 is 1.14 bits per heavy atom. The van der Waals surface area contributed by atoms with Crippen molar-refractivity contribution in [1.82, 2.24) is 4.98 Å². The highest BCUT2D eigenvalue weighted by Crippen LogP contribution is 2.26. The smallest absolute Gasteiger partial charge is 0.275 e. The van der Waals surface area contributed by atoms with E-state index in [9.17, 15) is 9.59 Å². The first-order valence-corrected chi connectivity index (χ1v) is 7.89. The zero-order chi connectivity index (χ0) is 15.5. The molecule has 7 heteroatoms. The van der Waals surface area contributed by atoms with Crippen LogP contribution in [0.3, 0.4) is 0 Å². The first kappa shape index (κ1) is 14.5. The van der Waals surface area contributed by atoms with Gasteiger partial charge in [0.2, 0.25) is 5.91 Å². The molecule has 0 aliphatic heterocycles. The van der Waals surface area contributed by atoms with Crippen molar-refractivity contribution in [3.63, 3.8) is 0 Å². The minimum Gasteiger partial charge on any atom is -0.359 e. The lowest BCUT2D eigenvalue weighted by Crippen LogP contribution is -2.13. The molecule has 1 saturated carbocycles. The largest absolute Gasteiger partial charge is 0.359 e. The summed E-state index contributed by atoms with van der Waals surface area (Å²) < 4.78 is 0. The van der Waals surface area contributed by atoms with Crippen molar-refractivity contribution in [3.8, 4) is 0 Å². The Labute approximate surface area is 132 Å². The molecule has 0 bridgehead atoms. The standard InChI is InChI=1S/C15H16N4O2S/c1-9(20)16-10-2-4-11(5-3-10)17-14(21)13-8-22-15(19-13)18-12-6-7-12/h2-5,8,12H,6-7H2,1H3,(H,16,20)(H,17,21)(H,18,19). The van der Waals surface area contributed by atoms with E-state index in [-0.39, 0.29) is 11.8 Å². The summed E-state index contributed by atoms with van der Waals surface area (Å²) in [6, 6.07) is 7.46. The van der Waals surface area contributed by atoms with E-state index in [0.29, 0.717) is 23.1 Å². The Balaban J connectivity index is 1.60. The molecule has 1 aromatic heterocycles. The molecule has 0 atom stereocenters. The first-order chi connectivity index (χ1) is 10.6. The zero-order valence-corrected chi connectivity index (χ0v) is 12.9. The van der Waals surface area contributed by atoms with Crippen LogP contribution in [0.15, 0.2) is 29.6 Å². The predicted molar refractivity (Wildman–Crippen MR) is 87.5 cm³/mol. The molecular formula is C15H16N4O2S. The van der Waals surface area contributed by atoms with Crippen molar-refractivity contribution in [2.75, 3.05) is 16.0 Å². The van der Waals surface area contributed by atoms with E-state index in [0.717, 1.165) is 5.13 Å². The summed E-state index contributed by atoms with van der Waals surface area (Å²) in [7, 11) is 0. The number of carbonyl (C=O) groups is 2. The van der Waals surface area contributed by atoms with Gasteiger partial charge in [-0.1, -0.05) is 0 Å². The highest BCUT2D eigenvalue weighted by molar-refractivity contribution is 7.13. The van der Waals surface area contributed by atoms with Crippen LogP contribution in [0.2, 0.25) is 0 Å². The van der Waals surface area contributed by atoms with Crippen LogP contribution >= 0.6 is 11.3 Å². The van der Waals surface area contributed by atoms with Crippen LogP contribution in [0, 0.1) is 0 Å². The maximum Gasteiger partial charge on any atom is 0.275 e. The van der Waals surface area contributed by atoms with Crippen molar-refractivity contribution in [2.24, 2.45) is 0 Å². The number of nitrogens with zero attached hydrogens (tertiary/aromatic N) is 1. The molecule has 0 saturated heterocycles. The summed E-state index contributed by atoms with van der Waals surface area (Å²) in [5.41, 5.74) is 1.75. The third kappa shape index (κ3) is 3.82. The van der Waals surface area contributed by atoms with E-state index in [1.54, 1.807) is 29.6 Å². The summed E-state index contributed by atoms with van der Waals surface area (Å²) >= 11 is 1.44. The molecule has 22 heavy (non-hydrogen) atoms. The van der Waals surface area contributed by atoms with Crippen molar-refractivity contribution in [3.05, 3.63) is 35.3 Å². The molecule has 1 fully saturated rings. The zero-order valence-electron chi connectivity index (χ0n) is 12.1. The number of hydrogen-bond acceptors (Lipinski definition) is 5. The fraction of sp³-hybridized carbons (Fsp3) is 0.267. The van der Waals surface area contributed by atoms with E-state index >= 15 is 0 Å². The minimum atomic E-state index is -0.243. The number of anilines is 3. The second kappa shape index (κ2) is 6.15. The lowest BCUT2D eigenvalue weighted by Gasteiger charge is -2.05. The molecule has 0 unspecified atom stereocenters. The van der Waals surface area contributed by atoms with Crippen molar-refractivity contribution in [2.45, 2.75) is 25.8 Å². The lowest BCUT2D eigenvalue weighted by molar-refractivity contribution is -0.114. The highest BCUT2D eigenvalue weighted by Gasteiger charge is 2.22. The van der Waals surface area contributed by atoms with Gasteiger partial charge in [0.05, 0.1) is 0 Å². The van der Waals surface area contributed by atoms with E-state index in [2.05, 4.69) is 20.9 Å². The number of nitrogens with one attached hydrogen (secondary N) is 3. The summed E-state index contributed by atoms with van der Waals surface area (Å²) in [4.78, 5) is 27.4. The van der Waals surface area contributed by atoms with Gasteiger partial charge in [-0.25, -0.2) is 4.98 Å². The molecule has 2 aromatic rings. The van der Waals surface area contributed by atoms with E-state index in [1.807, 2.05) is 0 Å². The van der Waals surface area contributed by atoms with Crippen LogP contribution in [0.4, 0.5) is 16.5 Å². The van der Waals surface area contributed by atoms with Gasteiger partial charge >= 0.3 is 0 Å². The monoisotopic (exact) mass is 316 g/mol. The number of aromatic nitrogens is 1. The molecule has 3 rings (SSSR count). The van der Waals surface area contributed by atoms with Crippen molar-refractivity contribution >= 4 is 39.7 Å². The Morgan fingerprint density at radius 3 is 2.36 bits per heavy atom. The number of carbonyl (C=O) groups excluding carboxylic acids is 2. The normalized spacial score (nSPS) is 13.5.